The molecule has 0 saturated carbocycles. The predicted molar refractivity (Wildman–Crippen MR) is 78.4 cm³/mol. The van der Waals surface area contributed by atoms with E-state index in [4.69, 9.17) is 4.74 Å². The summed E-state index contributed by atoms with van der Waals surface area (Å²) in [7, 11) is 0. The number of halogens is 1. The fourth-order valence-electron chi connectivity index (χ4n) is 3.02. The minimum atomic E-state index is -0.198. The van der Waals surface area contributed by atoms with Gasteiger partial charge in [-0.2, -0.15) is 0 Å². The fraction of sp³-hybridized carbons (Fsp3) is 0.176. The second-order valence-electron chi connectivity index (χ2n) is 5.08. The molecule has 0 radical (unpaired) electrons. The van der Waals surface area contributed by atoms with Crippen LogP contribution in [0.5, 0.6) is 0 Å². The van der Waals surface area contributed by atoms with Crippen LogP contribution in [0.25, 0.3) is 21.8 Å². The maximum Gasteiger partial charge on any atom is 0.123 e. The summed E-state index contributed by atoms with van der Waals surface area (Å²) in [5.41, 5.74) is 2.17. The average Bonchev–Trinajstić information content (AvgIpc) is 2.82. The Bertz CT molecular complexity index is 818. The van der Waals surface area contributed by atoms with Crippen LogP contribution in [-0.4, -0.2) is 17.8 Å². The van der Waals surface area contributed by atoms with Crippen LogP contribution in [0.3, 0.4) is 0 Å². The molecule has 2 heterocycles. The third-order valence-electron chi connectivity index (χ3n) is 3.86. The molecule has 3 heteroatoms. The van der Waals surface area contributed by atoms with Gasteiger partial charge in [0.05, 0.1) is 19.3 Å². The average molecular weight is 267 g/mol. The van der Waals surface area contributed by atoms with Gasteiger partial charge in [-0.05, 0) is 24.3 Å². The van der Waals surface area contributed by atoms with Crippen molar-refractivity contribution in [3.63, 3.8) is 0 Å². The molecule has 100 valence electrons. The molecule has 0 amide bonds. The molecule has 0 bridgehead atoms. The van der Waals surface area contributed by atoms with Crippen molar-refractivity contribution in [3.05, 3.63) is 60.4 Å². The number of rotatable bonds is 1. The monoisotopic (exact) mass is 267 g/mol. The molecule has 1 aliphatic rings. The minimum absolute atomic E-state index is 0.164. The standard InChI is InChI=1S/C17H14FNO/c18-12-7-8-17-15(10-12)14-5-1-2-6-16(14)19(17)13-4-3-9-20-11-13/h1-8,10,13H,9,11H2/t13-/m1/s1. The van der Waals surface area contributed by atoms with Crippen LogP contribution in [0, 0.1) is 5.82 Å². The lowest BCUT2D eigenvalue weighted by atomic mass is 10.1. The Balaban J connectivity index is 2.10. The van der Waals surface area contributed by atoms with Gasteiger partial charge in [0.15, 0.2) is 0 Å². The number of para-hydroxylation sites is 1. The number of nitrogens with zero attached hydrogens (tertiary/aromatic N) is 1. The summed E-state index contributed by atoms with van der Waals surface area (Å²) in [6.45, 7) is 1.32. The van der Waals surface area contributed by atoms with Crippen molar-refractivity contribution >= 4 is 21.8 Å². The van der Waals surface area contributed by atoms with Crippen LogP contribution in [0.1, 0.15) is 6.04 Å². The zero-order valence-electron chi connectivity index (χ0n) is 10.9. The largest absolute Gasteiger partial charge is 0.375 e. The fourth-order valence-corrected chi connectivity index (χ4v) is 3.02. The smallest absolute Gasteiger partial charge is 0.123 e. The highest BCUT2D eigenvalue weighted by Gasteiger charge is 2.18. The lowest BCUT2D eigenvalue weighted by Gasteiger charge is -2.21. The maximum absolute atomic E-state index is 13.6. The van der Waals surface area contributed by atoms with E-state index in [0.717, 1.165) is 21.8 Å². The summed E-state index contributed by atoms with van der Waals surface area (Å²) in [5, 5.41) is 2.04. The highest BCUT2D eigenvalue weighted by atomic mass is 19.1. The molecule has 4 rings (SSSR count). The molecule has 0 fully saturated rings. The van der Waals surface area contributed by atoms with Gasteiger partial charge >= 0.3 is 0 Å². The number of benzene rings is 2. The van der Waals surface area contributed by atoms with Gasteiger partial charge < -0.3 is 9.30 Å². The highest BCUT2D eigenvalue weighted by Crippen LogP contribution is 2.33. The molecule has 3 aromatic rings. The highest BCUT2D eigenvalue weighted by molar-refractivity contribution is 6.08. The van der Waals surface area contributed by atoms with E-state index in [1.165, 1.54) is 6.07 Å². The molecule has 1 aromatic heterocycles. The molecule has 1 atom stereocenters. The lowest BCUT2D eigenvalue weighted by Crippen LogP contribution is -2.16. The first kappa shape index (κ1) is 11.7. The second-order valence-corrected chi connectivity index (χ2v) is 5.08. The molecule has 0 unspecified atom stereocenters. The van der Waals surface area contributed by atoms with Crippen molar-refractivity contribution < 1.29 is 9.13 Å². The SMILES string of the molecule is Fc1ccc2c(c1)c1ccccc1n2[C@@H]1C=CCOC1. The third-order valence-corrected chi connectivity index (χ3v) is 3.86. The summed E-state index contributed by atoms with van der Waals surface area (Å²) in [4.78, 5) is 0. The van der Waals surface area contributed by atoms with Crippen molar-refractivity contribution in [2.24, 2.45) is 0 Å². The zero-order valence-corrected chi connectivity index (χ0v) is 10.9. The van der Waals surface area contributed by atoms with E-state index >= 15 is 0 Å². The van der Waals surface area contributed by atoms with Gasteiger partial charge in [0.25, 0.3) is 0 Å². The Hall–Kier alpha value is -2.13. The normalized spacial score (nSPS) is 18.9. The number of hydrogen-bond acceptors (Lipinski definition) is 1. The van der Waals surface area contributed by atoms with Crippen molar-refractivity contribution in [2.45, 2.75) is 6.04 Å². The molecule has 2 nitrogen and oxygen atoms in total. The molecule has 1 aliphatic heterocycles. The Morgan fingerprint density at radius 2 is 1.90 bits per heavy atom. The number of hydrogen-bond donors (Lipinski definition) is 0. The van der Waals surface area contributed by atoms with Gasteiger partial charge in [0.1, 0.15) is 5.82 Å². The van der Waals surface area contributed by atoms with E-state index in [0.29, 0.717) is 13.2 Å². The quantitative estimate of drug-likeness (QED) is 0.606. The van der Waals surface area contributed by atoms with Gasteiger partial charge in [-0.1, -0.05) is 30.4 Å². The topological polar surface area (TPSA) is 14.2 Å². The summed E-state index contributed by atoms with van der Waals surface area (Å²) >= 11 is 0. The summed E-state index contributed by atoms with van der Waals surface area (Å²) in [6.07, 6.45) is 4.21. The van der Waals surface area contributed by atoms with Crippen LogP contribution >= 0.6 is 0 Å². The Labute approximate surface area is 116 Å². The maximum atomic E-state index is 13.6. The van der Waals surface area contributed by atoms with Gasteiger partial charge in [0.2, 0.25) is 0 Å². The van der Waals surface area contributed by atoms with E-state index in [2.05, 4.69) is 16.7 Å². The zero-order chi connectivity index (χ0) is 13.5. The van der Waals surface area contributed by atoms with Crippen LogP contribution in [0.15, 0.2) is 54.6 Å². The molecule has 0 saturated heterocycles. The number of aromatic nitrogens is 1. The summed E-state index contributed by atoms with van der Waals surface area (Å²) in [6, 6.07) is 13.3. The first-order valence-electron chi connectivity index (χ1n) is 6.77. The van der Waals surface area contributed by atoms with Crippen LogP contribution < -0.4 is 0 Å². The van der Waals surface area contributed by atoms with Crippen molar-refractivity contribution in [2.75, 3.05) is 13.2 Å². The number of ether oxygens (including phenoxy) is 1. The Morgan fingerprint density at radius 1 is 1.05 bits per heavy atom. The van der Waals surface area contributed by atoms with E-state index in [-0.39, 0.29) is 11.9 Å². The van der Waals surface area contributed by atoms with E-state index < -0.39 is 0 Å². The minimum Gasteiger partial charge on any atom is -0.375 e. The lowest BCUT2D eigenvalue weighted by molar-refractivity contribution is 0.131. The molecule has 20 heavy (non-hydrogen) atoms. The van der Waals surface area contributed by atoms with E-state index in [1.807, 2.05) is 30.3 Å². The van der Waals surface area contributed by atoms with Crippen LogP contribution in [-0.2, 0) is 4.74 Å². The molecule has 0 aliphatic carbocycles. The van der Waals surface area contributed by atoms with Gasteiger partial charge in [-0.25, -0.2) is 4.39 Å². The Kier molecular flexibility index (Phi) is 2.60. The first-order chi connectivity index (χ1) is 9.84. The number of fused-ring (bicyclic) bond motifs is 3. The summed E-state index contributed by atoms with van der Waals surface area (Å²) in [5.74, 6) is -0.198. The van der Waals surface area contributed by atoms with Gasteiger partial charge in [-0.3, -0.25) is 0 Å². The summed E-state index contributed by atoms with van der Waals surface area (Å²) < 4.78 is 21.3. The first-order valence-corrected chi connectivity index (χ1v) is 6.77. The van der Waals surface area contributed by atoms with Crippen LogP contribution in [0.4, 0.5) is 4.39 Å². The second kappa shape index (κ2) is 4.46. The van der Waals surface area contributed by atoms with Gasteiger partial charge in [-0.15, -0.1) is 0 Å². The molecular weight excluding hydrogens is 253 g/mol. The molecule has 0 N–H and O–H groups in total. The van der Waals surface area contributed by atoms with Gasteiger partial charge in [0, 0.05) is 21.8 Å². The molecule has 0 spiro atoms. The van der Waals surface area contributed by atoms with Crippen LogP contribution in [0.2, 0.25) is 0 Å². The Morgan fingerprint density at radius 3 is 2.75 bits per heavy atom. The third kappa shape index (κ3) is 1.67. The van der Waals surface area contributed by atoms with E-state index in [9.17, 15) is 4.39 Å². The van der Waals surface area contributed by atoms with Crippen molar-refractivity contribution in [1.29, 1.82) is 0 Å². The van der Waals surface area contributed by atoms with Crippen molar-refractivity contribution in [3.8, 4) is 0 Å². The molecular formula is C17H14FNO. The van der Waals surface area contributed by atoms with E-state index in [1.54, 1.807) is 6.07 Å². The predicted octanol–water partition coefficient (Wildman–Crippen LogP) is 4.06. The molecule has 2 aromatic carbocycles. The van der Waals surface area contributed by atoms with Crippen molar-refractivity contribution in [1.82, 2.24) is 4.57 Å².